The number of carbonyl (C=O) groups is 1. The fourth-order valence-electron chi connectivity index (χ4n) is 1.77. The van der Waals surface area contributed by atoms with E-state index in [1.165, 1.54) is 0 Å². The van der Waals surface area contributed by atoms with Crippen LogP contribution in [0.15, 0.2) is 18.2 Å². The summed E-state index contributed by atoms with van der Waals surface area (Å²) in [5.74, 6) is -1.26. The lowest BCUT2D eigenvalue weighted by Gasteiger charge is -2.08. The molecule has 1 aromatic carbocycles. The topological polar surface area (TPSA) is 17.1 Å². The molecule has 1 aromatic rings. The third-order valence-corrected chi connectivity index (χ3v) is 2.89. The first-order chi connectivity index (χ1) is 7.08. The van der Waals surface area contributed by atoms with Gasteiger partial charge in [-0.2, -0.15) is 0 Å². The second-order valence-electron chi connectivity index (χ2n) is 4.15. The smallest absolute Gasteiger partial charge is 0.166 e. The molecule has 0 saturated heterocycles. The molecule has 0 amide bonds. The van der Waals surface area contributed by atoms with Crippen LogP contribution in [0.4, 0.5) is 8.78 Å². The van der Waals surface area contributed by atoms with Crippen LogP contribution in [-0.4, -0.2) is 5.78 Å². The van der Waals surface area contributed by atoms with Gasteiger partial charge in [-0.05, 0) is 30.9 Å². The van der Waals surface area contributed by atoms with Gasteiger partial charge < -0.3 is 0 Å². The fourth-order valence-corrected chi connectivity index (χ4v) is 1.77. The molecule has 0 bridgehead atoms. The Balaban J connectivity index is 2.24. The van der Waals surface area contributed by atoms with E-state index >= 15 is 0 Å². The minimum atomic E-state index is -0.693. The van der Waals surface area contributed by atoms with Crippen LogP contribution >= 0.6 is 0 Å². The lowest BCUT2D eigenvalue weighted by atomic mass is 9.95. The predicted octanol–water partition coefficient (Wildman–Crippen LogP) is 3.19. The van der Waals surface area contributed by atoms with Crippen LogP contribution < -0.4 is 0 Å². The van der Waals surface area contributed by atoms with Gasteiger partial charge in [0, 0.05) is 17.5 Å². The van der Waals surface area contributed by atoms with Crippen molar-refractivity contribution in [1.29, 1.82) is 0 Å². The summed E-state index contributed by atoms with van der Waals surface area (Å²) >= 11 is 0. The van der Waals surface area contributed by atoms with Crippen LogP contribution in [0.5, 0.6) is 0 Å². The molecule has 1 aliphatic rings. The molecule has 0 aliphatic heterocycles. The standard InChI is InChI=1S/C12H12F2O/c1-7(8-2-3-8)12(15)9-4-10(13)6-11(14)5-9/h4-8H,2-3H2,1H3. The molecule has 0 heterocycles. The Bertz CT molecular complexity index is 376. The van der Waals surface area contributed by atoms with Crippen molar-refractivity contribution in [1.82, 2.24) is 0 Å². The van der Waals surface area contributed by atoms with Crippen molar-refractivity contribution in [3.63, 3.8) is 0 Å². The molecule has 1 aliphatic carbocycles. The molecule has 0 aromatic heterocycles. The minimum absolute atomic E-state index is 0.119. The second-order valence-corrected chi connectivity index (χ2v) is 4.15. The molecule has 1 nitrogen and oxygen atoms in total. The van der Waals surface area contributed by atoms with Gasteiger partial charge in [0.25, 0.3) is 0 Å². The maximum atomic E-state index is 12.9. The minimum Gasteiger partial charge on any atom is -0.294 e. The van der Waals surface area contributed by atoms with E-state index in [2.05, 4.69) is 0 Å². The highest BCUT2D eigenvalue weighted by atomic mass is 19.1. The van der Waals surface area contributed by atoms with Crippen molar-refractivity contribution >= 4 is 5.78 Å². The molecule has 1 atom stereocenters. The summed E-state index contributed by atoms with van der Waals surface area (Å²) in [5, 5.41) is 0. The molecule has 3 heteroatoms. The Morgan fingerprint density at radius 3 is 2.27 bits per heavy atom. The number of hydrogen-bond donors (Lipinski definition) is 0. The number of ketones is 1. The molecule has 2 rings (SSSR count). The zero-order chi connectivity index (χ0) is 11.0. The van der Waals surface area contributed by atoms with Gasteiger partial charge in [-0.25, -0.2) is 8.78 Å². The number of hydrogen-bond acceptors (Lipinski definition) is 1. The van der Waals surface area contributed by atoms with E-state index in [0.29, 0.717) is 5.92 Å². The van der Waals surface area contributed by atoms with E-state index in [9.17, 15) is 13.6 Å². The van der Waals surface area contributed by atoms with Crippen LogP contribution in [-0.2, 0) is 0 Å². The number of benzene rings is 1. The van der Waals surface area contributed by atoms with E-state index in [-0.39, 0.29) is 17.3 Å². The largest absolute Gasteiger partial charge is 0.294 e. The quantitative estimate of drug-likeness (QED) is 0.700. The van der Waals surface area contributed by atoms with Gasteiger partial charge >= 0.3 is 0 Å². The summed E-state index contributed by atoms with van der Waals surface area (Å²) < 4.78 is 25.8. The van der Waals surface area contributed by atoms with Gasteiger partial charge in [-0.3, -0.25) is 4.79 Å². The average molecular weight is 210 g/mol. The zero-order valence-electron chi connectivity index (χ0n) is 8.47. The number of Topliss-reactive ketones (excluding diaryl/α,β-unsaturated/α-hetero) is 1. The molecule has 0 radical (unpaired) electrons. The van der Waals surface area contributed by atoms with Crippen LogP contribution in [0.2, 0.25) is 0 Å². The highest BCUT2D eigenvalue weighted by Crippen LogP contribution is 2.38. The predicted molar refractivity (Wildman–Crippen MR) is 52.6 cm³/mol. The maximum absolute atomic E-state index is 12.9. The Morgan fingerprint density at radius 1 is 1.27 bits per heavy atom. The average Bonchev–Trinajstić information content (AvgIpc) is 2.97. The van der Waals surface area contributed by atoms with Crippen molar-refractivity contribution in [3.8, 4) is 0 Å². The van der Waals surface area contributed by atoms with Gasteiger partial charge in [-0.1, -0.05) is 6.92 Å². The van der Waals surface area contributed by atoms with E-state index in [1.807, 2.05) is 6.92 Å². The van der Waals surface area contributed by atoms with Crippen LogP contribution in [0.25, 0.3) is 0 Å². The van der Waals surface area contributed by atoms with Crippen molar-refractivity contribution in [2.24, 2.45) is 11.8 Å². The highest BCUT2D eigenvalue weighted by molar-refractivity contribution is 5.98. The van der Waals surface area contributed by atoms with Gasteiger partial charge in [0.05, 0.1) is 0 Å². The molecule has 0 spiro atoms. The molecule has 15 heavy (non-hydrogen) atoms. The van der Waals surface area contributed by atoms with E-state index in [4.69, 9.17) is 0 Å². The van der Waals surface area contributed by atoms with Crippen molar-refractivity contribution in [2.75, 3.05) is 0 Å². The number of carbonyl (C=O) groups excluding carboxylic acids is 1. The number of halogens is 2. The first kappa shape index (κ1) is 10.3. The van der Waals surface area contributed by atoms with E-state index in [1.54, 1.807) is 0 Å². The van der Waals surface area contributed by atoms with Gasteiger partial charge in [-0.15, -0.1) is 0 Å². The lowest BCUT2D eigenvalue weighted by molar-refractivity contribution is 0.0915. The molecule has 1 saturated carbocycles. The van der Waals surface area contributed by atoms with E-state index < -0.39 is 11.6 Å². The molecule has 80 valence electrons. The maximum Gasteiger partial charge on any atom is 0.166 e. The summed E-state index contributed by atoms with van der Waals surface area (Å²) in [5.41, 5.74) is 0.145. The van der Waals surface area contributed by atoms with Gasteiger partial charge in [0.1, 0.15) is 11.6 Å². The Labute approximate surface area is 87.1 Å². The molecular weight excluding hydrogens is 198 g/mol. The number of rotatable bonds is 3. The monoisotopic (exact) mass is 210 g/mol. The summed E-state index contributed by atoms with van der Waals surface area (Å²) in [4.78, 5) is 11.8. The normalized spacial score (nSPS) is 17.5. The zero-order valence-corrected chi connectivity index (χ0v) is 8.47. The van der Waals surface area contributed by atoms with Crippen molar-refractivity contribution in [3.05, 3.63) is 35.4 Å². The molecule has 1 unspecified atom stereocenters. The summed E-state index contributed by atoms with van der Waals surface area (Å²) in [6, 6.07) is 2.98. The Morgan fingerprint density at radius 2 is 1.80 bits per heavy atom. The Kier molecular flexibility index (Phi) is 2.55. The molecule has 0 N–H and O–H groups in total. The van der Waals surface area contributed by atoms with Gasteiger partial charge in [0.15, 0.2) is 5.78 Å². The fraction of sp³-hybridized carbons (Fsp3) is 0.417. The summed E-state index contributed by atoms with van der Waals surface area (Å²) in [6.07, 6.45) is 2.09. The first-order valence-electron chi connectivity index (χ1n) is 5.08. The first-order valence-corrected chi connectivity index (χ1v) is 5.08. The van der Waals surface area contributed by atoms with Crippen LogP contribution in [0.3, 0.4) is 0 Å². The second kappa shape index (κ2) is 3.72. The summed E-state index contributed by atoms with van der Waals surface area (Å²) in [7, 11) is 0. The van der Waals surface area contributed by atoms with Crippen molar-refractivity contribution < 1.29 is 13.6 Å². The van der Waals surface area contributed by atoms with Crippen LogP contribution in [0, 0.1) is 23.5 Å². The van der Waals surface area contributed by atoms with Crippen LogP contribution in [0.1, 0.15) is 30.1 Å². The third-order valence-electron chi connectivity index (χ3n) is 2.89. The van der Waals surface area contributed by atoms with Crippen molar-refractivity contribution in [2.45, 2.75) is 19.8 Å². The van der Waals surface area contributed by atoms with E-state index in [0.717, 1.165) is 31.0 Å². The highest BCUT2D eigenvalue weighted by Gasteiger charge is 2.33. The third kappa shape index (κ3) is 2.22. The lowest BCUT2D eigenvalue weighted by Crippen LogP contribution is -2.13. The molecular formula is C12H12F2O. The Hall–Kier alpha value is -1.25. The van der Waals surface area contributed by atoms with Gasteiger partial charge in [0.2, 0.25) is 0 Å². The SMILES string of the molecule is CC(C(=O)c1cc(F)cc(F)c1)C1CC1. The molecule has 1 fully saturated rings. The summed E-state index contributed by atoms with van der Waals surface area (Å²) in [6.45, 7) is 1.82.